The molecule has 1 aromatic rings. The molecule has 1 aromatic carbocycles. The Labute approximate surface area is 141 Å². The number of nitrogens with zero attached hydrogens (tertiary/aromatic N) is 1. The van der Waals surface area contributed by atoms with Crippen molar-refractivity contribution in [2.24, 2.45) is 5.92 Å². The fourth-order valence-corrected chi connectivity index (χ4v) is 2.02. The molecule has 23 heavy (non-hydrogen) atoms. The highest BCUT2D eigenvalue weighted by molar-refractivity contribution is 6.30. The minimum absolute atomic E-state index is 0.126. The first-order chi connectivity index (χ1) is 11.0. The van der Waals surface area contributed by atoms with Crippen molar-refractivity contribution in [2.45, 2.75) is 6.92 Å². The molecule has 0 heterocycles. The van der Waals surface area contributed by atoms with Crippen LogP contribution >= 0.6 is 11.6 Å². The molecule has 1 unspecified atom stereocenters. The molecule has 128 valence electrons. The van der Waals surface area contributed by atoms with E-state index in [1.165, 1.54) is 12.0 Å². The van der Waals surface area contributed by atoms with Crippen LogP contribution in [0.2, 0.25) is 5.02 Å². The molecule has 7 heteroatoms. The van der Waals surface area contributed by atoms with Crippen molar-refractivity contribution < 1.29 is 23.8 Å². The number of benzene rings is 1. The summed E-state index contributed by atoms with van der Waals surface area (Å²) in [5.41, 5.74) is 0. The predicted octanol–water partition coefficient (Wildman–Crippen LogP) is 2.00. The summed E-state index contributed by atoms with van der Waals surface area (Å²) in [6, 6.07) is 6.74. The highest BCUT2D eigenvalue weighted by Crippen LogP contribution is 2.15. The Balaban J connectivity index is 2.59. The maximum Gasteiger partial charge on any atom is 0.310 e. The lowest BCUT2D eigenvalue weighted by molar-refractivity contribution is -0.146. The number of hydrogen-bond donors (Lipinski definition) is 0. The molecule has 0 saturated carbocycles. The van der Waals surface area contributed by atoms with Crippen molar-refractivity contribution in [3.8, 4) is 5.75 Å². The van der Waals surface area contributed by atoms with Crippen LogP contribution in [0.15, 0.2) is 24.3 Å². The predicted molar refractivity (Wildman–Crippen MR) is 86.6 cm³/mol. The van der Waals surface area contributed by atoms with Gasteiger partial charge in [0, 0.05) is 25.2 Å². The first-order valence-corrected chi connectivity index (χ1v) is 7.58. The van der Waals surface area contributed by atoms with Crippen molar-refractivity contribution in [3.63, 3.8) is 0 Å². The van der Waals surface area contributed by atoms with Crippen LogP contribution in [0.4, 0.5) is 0 Å². The van der Waals surface area contributed by atoms with Gasteiger partial charge in [-0.2, -0.15) is 0 Å². The molecule has 0 radical (unpaired) electrons. The summed E-state index contributed by atoms with van der Waals surface area (Å²) in [6.07, 6.45) is 0. The van der Waals surface area contributed by atoms with Crippen LogP contribution in [0, 0.1) is 5.92 Å². The number of ether oxygens (including phenoxy) is 3. The van der Waals surface area contributed by atoms with Crippen LogP contribution in [0.25, 0.3) is 0 Å². The van der Waals surface area contributed by atoms with Gasteiger partial charge in [0.15, 0.2) is 6.61 Å². The highest BCUT2D eigenvalue weighted by Gasteiger charge is 2.21. The zero-order chi connectivity index (χ0) is 17.2. The monoisotopic (exact) mass is 343 g/mol. The van der Waals surface area contributed by atoms with Crippen molar-refractivity contribution in [1.29, 1.82) is 0 Å². The summed E-state index contributed by atoms with van der Waals surface area (Å²) in [5.74, 6) is -0.460. The van der Waals surface area contributed by atoms with E-state index >= 15 is 0 Å². The fraction of sp³-hybridized carbons (Fsp3) is 0.500. The second-order valence-electron chi connectivity index (χ2n) is 5.00. The first-order valence-electron chi connectivity index (χ1n) is 7.20. The zero-order valence-electron chi connectivity index (χ0n) is 13.6. The van der Waals surface area contributed by atoms with E-state index in [-0.39, 0.29) is 25.0 Å². The molecule has 0 spiro atoms. The maximum absolute atomic E-state index is 12.3. The lowest BCUT2D eigenvalue weighted by Gasteiger charge is -2.24. The second-order valence-corrected chi connectivity index (χ2v) is 5.44. The topological polar surface area (TPSA) is 65.1 Å². The van der Waals surface area contributed by atoms with E-state index < -0.39 is 5.92 Å². The van der Waals surface area contributed by atoms with E-state index in [1.807, 2.05) is 0 Å². The standard InChI is InChI=1S/C16H22ClNO5/c1-12(16(20)22-3)10-18(8-9-21-2)15(19)11-23-14-6-4-13(17)5-7-14/h4-7,12H,8-11H2,1-3H3. The molecule has 0 aromatic heterocycles. The number of methoxy groups -OCH3 is 2. The number of carbonyl (C=O) groups is 2. The summed E-state index contributed by atoms with van der Waals surface area (Å²) < 4.78 is 15.1. The van der Waals surface area contributed by atoms with Crippen molar-refractivity contribution in [2.75, 3.05) is 40.5 Å². The van der Waals surface area contributed by atoms with E-state index in [2.05, 4.69) is 4.74 Å². The van der Waals surface area contributed by atoms with Crippen LogP contribution in [0.3, 0.4) is 0 Å². The molecule has 0 saturated heterocycles. The van der Waals surface area contributed by atoms with Gasteiger partial charge in [-0.05, 0) is 24.3 Å². The van der Waals surface area contributed by atoms with Crippen LogP contribution < -0.4 is 4.74 Å². The Morgan fingerprint density at radius 3 is 2.43 bits per heavy atom. The van der Waals surface area contributed by atoms with E-state index in [0.29, 0.717) is 23.9 Å². The Hall–Kier alpha value is -1.79. The van der Waals surface area contributed by atoms with Gasteiger partial charge in [-0.25, -0.2) is 0 Å². The molecule has 0 bridgehead atoms. The molecule has 6 nitrogen and oxygen atoms in total. The Bertz CT molecular complexity index is 506. The van der Waals surface area contributed by atoms with E-state index in [1.54, 1.807) is 38.3 Å². The molecule has 1 atom stereocenters. The van der Waals surface area contributed by atoms with Gasteiger partial charge in [-0.15, -0.1) is 0 Å². The molecule has 0 aliphatic carbocycles. The summed E-state index contributed by atoms with van der Waals surface area (Å²) in [7, 11) is 2.88. The number of halogens is 1. The average molecular weight is 344 g/mol. The van der Waals surface area contributed by atoms with E-state index in [4.69, 9.17) is 21.1 Å². The molecule has 0 aliphatic heterocycles. The largest absolute Gasteiger partial charge is 0.484 e. The van der Waals surface area contributed by atoms with Gasteiger partial charge < -0.3 is 19.1 Å². The highest BCUT2D eigenvalue weighted by atomic mass is 35.5. The minimum Gasteiger partial charge on any atom is -0.484 e. The third kappa shape index (κ3) is 6.88. The smallest absolute Gasteiger partial charge is 0.310 e. The van der Waals surface area contributed by atoms with Crippen LogP contribution in [0.1, 0.15) is 6.92 Å². The van der Waals surface area contributed by atoms with Gasteiger partial charge in [0.1, 0.15) is 5.75 Å². The van der Waals surface area contributed by atoms with E-state index in [9.17, 15) is 9.59 Å². The molecular weight excluding hydrogens is 322 g/mol. The van der Waals surface area contributed by atoms with Gasteiger partial charge in [0.2, 0.25) is 0 Å². The number of amides is 1. The molecule has 0 fully saturated rings. The third-order valence-corrected chi connectivity index (χ3v) is 3.44. The SMILES string of the molecule is COCCN(CC(C)C(=O)OC)C(=O)COc1ccc(Cl)cc1. The second kappa shape index (κ2) is 10.1. The average Bonchev–Trinajstić information content (AvgIpc) is 2.56. The first kappa shape index (κ1) is 19.3. The van der Waals surface area contributed by atoms with Gasteiger partial charge in [0.05, 0.1) is 19.6 Å². The molecule has 0 N–H and O–H groups in total. The Kier molecular flexibility index (Phi) is 8.43. The lowest BCUT2D eigenvalue weighted by Crippen LogP contribution is -2.41. The molecule has 1 rings (SSSR count). The normalized spacial score (nSPS) is 11.7. The summed E-state index contributed by atoms with van der Waals surface area (Å²) in [4.78, 5) is 25.4. The van der Waals surface area contributed by atoms with Gasteiger partial charge in [0.25, 0.3) is 5.91 Å². The molecular formula is C16H22ClNO5. The van der Waals surface area contributed by atoms with Crippen molar-refractivity contribution in [1.82, 2.24) is 4.90 Å². The third-order valence-electron chi connectivity index (χ3n) is 3.19. The number of rotatable bonds is 9. The Morgan fingerprint density at radius 1 is 1.22 bits per heavy atom. The minimum atomic E-state index is -0.420. The summed E-state index contributed by atoms with van der Waals surface area (Å²) in [6.45, 7) is 2.58. The number of esters is 1. The Morgan fingerprint density at radius 2 is 1.87 bits per heavy atom. The zero-order valence-corrected chi connectivity index (χ0v) is 14.3. The molecule has 0 aliphatic rings. The maximum atomic E-state index is 12.3. The van der Waals surface area contributed by atoms with Gasteiger partial charge in [-0.1, -0.05) is 18.5 Å². The quantitative estimate of drug-likeness (QED) is 0.642. The molecule has 1 amide bonds. The fourth-order valence-electron chi connectivity index (χ4n) is 1.89. The van der Waals surface area contributed by atoms with Crippen molar-refractivity contribution in [3.05, 3.63) is 29.3 Å². The van der Waals surface area contributed by atoms with Gasteiger partial charge in [-0.3, -0.25) is 9.59 Å². The van der Waals surface area contributed by atoms with Crippen LogP contribution in [-0.4, -0.2) is 57.3 Å². The van der Waals surface area contributed by atoms with Crippen LogP contribution in [-0.2, 0) is 19.1 Å². The van der Waals surface area contributed by atoms with E-state index in [0.717, 1.165) is 0 Å². The number of carbonyl (C=O) groups excluding carboxylic acids is 2. The van der Waals surface area contributed by atoms with Gasteiger partial charge >= 0.3 is 5.97 Å². The summed E-state index contributed by atoms with van der Waals surface area (Å²) >= 11 is 5.79. The lowest BCUT2D eigenvalue weighted by atomic mass is 10.1. The summed E-state index contributed by atoms with van der Waals surface area (Å²) in [5, 5.41) is 0.595. The van der Waals surface area contributed by atoms with Crippen molar-refractivity contribution >= 4 is 23.5 Å². The number of hydrogen-bond acceptors (Lipinski definition) is 5. The van der Waals surface area contributed by atoms with Crippen LogP contribution in [0.5, 0.6) is 5.75 Å².